The second-order valence-electron chi connectivity index (χ2n) is 4.02. The van der Waals surface area contributed by atoms with Crippen LogP contribution in [0.1, 0.15) is 31.7 Å². The van der Waals surface area contributed by atoms with Crippen LogP contribution in [0.3, 0.4) is 0 Å². The molecule has 0 aliphatic carbocycles. The van der Waals surface area contributed by atoms with Gasteiger partial charge in [0, 0.05) is 18.7 Å². The van der Waals surface area contributed by atoms with Crippen LogP contribution in [0.5, 0.6) is 0 Å². The van der Waals surface area contributed by atoms with Gasteiger partial charge >= 0.3 is 6.09 Å². The normalized spacial score (nSPS) is 12.2. The molecule has 1 unspecified atom stereocenters. The number of carbonyl (C=O) groups is 1. The van der Waals surface area contributed by atoms with E-state index >= 15 is 0 Å². The van der Waals surface area contributed by atoms with Crippen LogP contribution < -0.4 is 27.4 Å². The van der Waals surface area contributed by atoms with Gasteiger partial charge in [0.2, 0.25) is 10.9 Å². The van der Waals surface area contributed by atoms with Crippen molar-refractivity contribution in [2.45, 2.75) is 26.2 Å². The SMILES string of the molecule is CCC(C)c1c(NCCNC(=O)ON)c(=O)c1=O. The molecular weight excluding hydrogens is 238 g/mol. The largest absolute Gasteiger partial charge is 0.425 e. The summed E-state index contributed by atoms with van der Waals surface area (Å²) in [6, 6.07) is 0. The fourth-order valence-electron chi connectivity index (χ4n) is 1.65. The average molecular weight is 255 g/mol. The molecule has 0 bridgehead atoms. The maximum Gasteiger partial charge on any atom is 0.425 e. The summed E-state index contributed by atoms with van der Waals surface area (Å²) in [4.78, 5) is 37.3. The number of rotatable bonds is 6. The highest BCUT2D eigenvalue weighted by molar-refractivity contribution is 5.66. The average Bonchev–Trinajstić information content (AvgIpc) is 2.40. The zero-order valence-corrected chi connectivity index (χ0v) is 10.4. The first-order valence-electron chi connectivity index (χ1n) is 5.74. The topological polar surface area (TPSA) is 111 Å². The molecule has 4 N–H and O–H groups in total. The molecule has 0 aliphatic rings. The van der Waals surface area contributed by atoms with E-state index < -0.39 is 17.0 Å². The summed E-state index contributed by atoms with van der Waals surface area (Å²) in [5.41, 5.74) is -0.00551. The number of hydrogen-bond acceptors (Lipinski definition) is 6. The van der Waals surface area contributed by atoms with E-state index in [0.29, 0.717) is 17.8 Å². The Morgan fingerprint density at radius 2 is 2.00 bits per heavy atom. The first-order valence-corrected chi connectivity index (χ1v) is 5.74. The summed E-state index contributed by atoms with van der Waals surface area (Å²) < 4.78 is 0. The highest BCUT2D eigenvalue weighted by Crippen LogP contribution is 2.21. The van der Waals surface area contributed by atoms with Crippen molar-refractivity contribution in [3.63, 3.8) is 0 Å². The molecule has 7 heteroatoms. The predicted molar refractivity (Wildman–Crippen MR) is 67.2 cm³/mol. The van der Waals surface area contributed by atoms with Crippen molar-refractivity contribution < 1.29 is 9.63 Å². The molecule has 18 heavy (non-hydrogen) atoms. The lowest BCUT2D eigenvalue weighted by atomic mass is 9.92. The van der Waals surface area contributed by atoms with E-state index in [1.165, 1.54) is 0 Å². The standard InChI is InChI=1S/C11H17N3O4/c1-3-6(2)7-8(10(16)9(7)15)13-4-5-14-11(17)18-12/h6,13H,3-5,12H2,1-2H3,(H,14,17). The Morgan fingerprint density at radius 3 is 2.56 bits per heavy atom. The monoisotopic (exact) mass is 255 g/mol. The van der Waals surface area contributed by atoms with Crippen molar-refractivity contribution >= 4 is 11.8 Å². The van der Waals surface area contributed by atoms with Gasteiger partial charge in [0.25, 0.3) is 0 Å². The molecule has 1 aromatic rings. The van der Waals surface area contributed by atoms with Crippen LogP contribution in [0, 0.1) is 0 Å². The Hall–Kier alpha value is -1.89. The third-order valence-electron chi connectivity index (χ3n) is 2.86. The van der Waals surface area contributed by atoms with Crippen LogP contribution in [0.25, 0.3) is 0 Å². The number of nitrogens with one attached hydrogen (secondary N) is 2. The Bertz CT molecular complexity index is 491. The molecule has 1 amide bonds. The number of hydrogen-bond donors (Lipinski definition) is 3. The van der Waals surface area contributed by atoms with Gasteiger partial charge in [-0.05, 0) is 12.3 Å². The lowest BCUT2D eigenvalue weighted by molar-refractivity contribution is 0.148. The van der Waals surface area contributed by atoms with Gasteiger partial charge in [-0.15, -0.1) is 0 Å². The molecule has 1 aromatic carbocycles. The van der Waals surface area contributed by atoms with Crippen molar-refractivity contribution in [2.75, 3.05) is 18.4 Å². The lowest BCUT2D eigenvalue weighted by Crippen LogP contribution is -2.41. The van der Waals surface area contributed by atoms with Crippen LogP contribution in [0.15, 0.2) is 9.59 Å². The van der Waals surface area contributed by atoms with Crippen LogP contribution >= 0.6 is 0 Å². The third-order valence-corrected chi connectivity index (χ3v) is 2.86. The molecule has 100 valence electrons. The summed E-state index contributed by atoms with van der Waals surface area (Å²) in [5.74, 6) is 4.69. The van der Waals surface area contributed by atoms with Crippen molar-refractivity contribution in [3.05, 3.63) is 26.0 Å². The molecule has 0 saturated carbocycles. The van der Waals surface area contributed by atoms with Gasteiger partial charge in [-0.1, -0.05) is 13.8 Å². The first-order chi connectivity index (χ1) is 8.52. The number of amides is 1. The van der Waals surface area contributed by atoms with Crippen LogP contribution in [0.4, 0.5) is 10.5 Å². The quantitative estimate of drug-likeness (QED) is 0.369. The fourth-order valence-corrected chi connectivity index (χ4v) is 1.65. The molecular formula is C11H17N3O4. The molecule has 1 atom stereocenters. The maximum atomic E-state index is 11.4. The minimum Gasteiger partial charge on any atom is -0.380 e. The Labute approximate surface area is 104 Å². The minimum absolute atomic E-state index is 0.0552. The second kappa shape index (κ2) is 6.15. The maximum absolute atomic E-state index is 11.4. The van der Waals surface area contributed by atoms with Gasteiger partial charge in [-0.2, -0.15) is 5.90 Å². The van der Waals surface area contributed by atoms with Crippen molar-refractivity contribution in [2.24, 2.45) is 5.90 Å². The summed E-state index contributed by atoms with van der Waals surface area (Å²) in [7, 11) is 0. The van der Waals surface area contributed by atoms with Gasteiger partial charge in [0.15, 0.2) is 0 Å². The predicted octanol–water partition coefficient (Wildman–Crippen LogP) is -0.192. The van der Waals surface area contributed by atoms with Crippen molar-refractivity contribution in [1.29, 1.82) is 0 Å². The lowest BCUT2D eigenvalue weighted by Gasteiger charge is -2.17. The van der Waals surface area contributed by atoms with Gasteiger partial charge in [-0.25, -0.2) is 4.79 Å². The van der Waals surface area contributed by atoms with E-state index in [-0.39, 0.29) is 12.5 Å². The minimum atomic E-state index is -0.746. The summed E-state index contributed by atoms with van der Waals surface area (Å²) >= 11 is 0. The van der Waals surface area contributed by atoms with Crippen molar-refractivity contribution in [3.8, 4) is 0 Å². The Balaban J connectivity index is 2.53. The molecule has 0 radical (unpaired) electrons. The van der Waals surface area contributed by atoms with E-state index in [2.05, 4.69) is 21.4 Å². The van der Waals surface area contributed by atoms with Crippen LogP contribution in [0.2, 0.25) is 0 Å². The van der Waals surface area contributed by atoms with E-state index in [1.807, 2.05) is 13.8 Å². The molecule has 0 saturated heterocycles. The Morgan fingerprint density at radius 1 is 1.33 bits per heavy atom. The van der Waals surface area contributed by atoms with Crippen LogP contribution in [-0.4, -0.2) is 19.2 Å². The summed E-state index contributed by atoms with van der Waals surface area (Å²) in [5, 5.41) is 5.19. The highest BCUT2D eigenvalue weighted by Gasteiger charge is 2.23. The van der Waals surface area contributed by atoms with Gasteiger partial charge in [0.1, 0.15) is 0 Å². The number of nitrogens with two attached hydrogens (primary N) is 1. The highest BCUT2D eigenvalue weighted by atomic mass is 16.7. The number of anilines is 1. The van der Waals surface area contributed by atoms with Crippen LogP contribution in [-0.2, 0) is 4.84 Å². The van der Waals surface area contributed by atoms with E-state index in [9.17, 15) is 14.4 Å². The van der Waals surface area contributed by atoms with Gasteiger partial charge < -0.3 is 15.5 Å². The summed E-state index contributed by atoms with van der Waals surface area (Å²) in [6.45, 7) is 4.41. The molecule has 0 aliphatic heterocycles. The zero-order chi connectivity index (χ0) is 13.7. The number of carbonyl (C=O) groups excluding carboxylic acids is 1. The molecule has 0 aromatic heterocycles. The summed E-state index contributed by atoms with van der Waals surface area (Å²) in [6.07, 6.45) is 0.0426. The van der Waals surface area contributed by atoms with Crippen molar-refractivity contribution in [1.82, 2.24) is 5.32 Å². The van der Waals surface area contributed by atoms with Gasteiger partial charge in [0.05, 0.1) is 5.69 Å². The third kappa shape index (κ3) is 2.86. The molecule has 0 spiro atoms. The molecule has 0 fully saturated rings. The van der Waals surface area contributed by atoms with E-state index in [1.54, 1.807) is 0 Å². The Kier molecular flexibility index (Phi) is 4.85. The van der Waals surface area contributed by atoms with E-state index in [4.69, 9.17) is 0 Å². The smallest absolute Gasteiger partial charge is 0.380 e. The molecule has 1 rings (SSSR count). The zero-order valence-electron chi connectivity index (χ0n) is 10.4. The molecule has 0 heterocycles. The molecule has 7 nitrogen and oxygen atoms in total. The van der Waals surface area contributed by atoms with E-state index in [0.717, 1.165) is 6.42 Å². The van der Waals surface area contributed by atoms with Gasteiger partial charge in [-0.3, -0.25) is 9.59 Å². The fraction of sp³-hybridized carbons (Fsp3) is 0.545. The second-order valence-corrected chi connectivity index (χ2v) is 4.02. The first kappa shape index (κ1) is 14.2.